The summed E-state index contributed by atoms with van der Waals surface area (Å²) in [7, 11) is 0. The average Bonchev–Trinajstić information content (AvgIpc) is 3.28. The van der Waals surface area contributed by atoms with Crippen molar-refractivity contribution in [2.45, 2.75) is 32.3 Å². The van der Waals surface area contributed by atoms with Crippen LogP contribution in [0.2, 0.25) is 5.02 Å². The first-order valence-corrected chi connectivity index (χ1v) is 8.70. The lowest BCUT2D eigenvalue weighted by Crippen LogP contribution is -2.02. The van der Waals surface area contributed by atoms with E-state index in [-0.39, 0.29) is 0 Å². The molecule has 0 radical (unpaired) electrons. The lowest BCUT2D eigenvalue weighted by Gasteiger charge is -2.12. The molecule has 118 valence electrons. The number of pyridine rings is 1. The first-order chi connectivity index (χ1) is 11.1. The largest absolute Gasteiger partial charge is 0.489 e. The third-order valence-corrected chi connectivity index (χ3v) is 4.81. The van der Waals surface area contributed by atoms with Crippen LogP contribution in [-0.2, 0) is 6.61 Å². The number of nitrogens with zero attached hydrogens (tertiary/aromatic N) is 3. The molecule has 1 fully saturated rings. The van der Waals surface area contributed by atoms with Gasteiger partial charge in [-0.3, -0.25) is 4.40 Å². The summed E-state index contributed by atoms with van der Waals surface area (Å²) in [6, 6.07) is 7.82. The second-order valence-corrected chi connectivity index (χ2v) is 7.12. The molecule has 1 aliphatic rings. The number of rotatable bonds is 4. The van der Waals surface area contributed by atoms with Crippen LogP contribution in [-0.4, -0.2) is 14.6 Å². The van der Waals surface area contributed by atoms with E-state index in [0.717, 1.165) is 27.3 Å². The van der Waals surface area contributed by atoms with Gasteiger partial charge in [0.15, 0.2) is 5.65 Å². The van der Waals surface area contributed by atoms with Crippen molar-refractivity contribution in [3.63, 3.8) is 0 Å². The Morgan fingerprint density at radius 2 is 2.09 bits per heavy atom. The van der Waals surface area contributed by atoms with E-state index in [2.05, 4.69) is 38.4 Å². The maximum atomic E-state index is 6.10. The van der Waals surface area contributed by atoms with Crippen molar-refractivity contribution >= 4 is 33.2 Å². The molecule has 1 saturated carbocycles. The minimum atomic E-state index is 0.507. The van der Waals surface area contributed by atoms with Gasteiger partial charge in [-0.25, -0.2) is 0 Å². The van der Waals surface area contributed by atoms with Gasteiger partial charge >= 0.3 is 0 Å². The summed E-state index contributed by atoms with van der Waals surface area (Å²) in [5.74, 6) is 1.41. The summed E-state index contributed by atoms with van der Waals surface area (Å²) in [6.07, 6.45) is 4.59. The molecule has 0 bridgehead atoms. The standard InChI is InChI=1S/C17H15BrClN3O/c1-10-4-13(19)7-14(5-10)23-9-12-6-16-20-21-17(18)22(16)8-15(12)11-2-3-11/h4-8,11H,2-3,9H2,1H3. The molecule has 0 aliphatic heterocycles. The number of benzene rings is 1. The van der Waals surface area contributed by atoms with Gasteiger partial charge in [-0.05, 0) is 82.6 Å². The van der Waals surface area contributed by atoms with Crippen molar-refractivity contribution in [3.8, 4) is 5.75 Å². The van der Waals surface area contributed by atoms with Crippen molar-refractivity contribution < 1.29 is 4.74 Å². The molecule has 1 aliphatic carbocycles. The van der Waals surface area contributed by atoms with Crippen molar-refractivity contribution in [3.05, 3.63) is 56.9 Å². The summed E-state index contributed by atoms with van der Waals surface area (Å²) >= 11 is 9.53. The van der Waals surface area contributed by atoms with E-state index in [1.807, 2.05) is 29.5 Å². The number of aromatic nitrogens is 3. The Bertz CT molecular complexity index is 869. The van der Waals surface area contributed by atoms with E-state index in [0.29, 0.717) is 17.5 Å². The Morgan fingerprint density at radius 1 is 1.26 bits per heavy atom. The molecular formula is C17H15BrClN3O. The van der Waals surface area contributed by atoms with Gasteiger partial charge in [0.25, 0.3) is 0 Å². The molecule has 1 aromatic carbocycles. The van der Waals surface area contributed by atoms with Crippen molar-refractivity contribution in [2.75, 3.05) is 0 Å². The molecule has 3 aromatic rings. The molecule has 0 amide bonds. The molecule has 2 aromatic heterocycles. The number of hydrogen-bond acceptors (Lipinski definition) is 3. The van der Waals surface area contributed by atoms with Crippen LogP contribution < -0.4 is 4.74 Å². The van der Waals surface area contributed by atoms with Crippen LogP contribution in [0.3, 0.4) is 0 Å². The molecule has 0 spiro atoms. The number of halogens is 2. The first-order valence-electron chi connectivity index (χ1n) is 7.53. The van der Waals surface area contributed by atoms with E-state index in [1.54, 1.807) is 0 Å². The molecule has 4 rings (SSSR count). The molecule has 0 N–H and O–H groups in total. The van der Waals surface area contributed by atoms with Crippen LogP contribution in [0.25, 0.3) is 5.65 Å². The Balaban J connectivity index is 1.66. The van der Waals surface area contributed by atoms with Gasteiger partial charge in [0.1, 0.15) is 12.4 Å². The predicted molar refractivity (Wildman–Crippen MR) is 93.2 cm³/mol. The van der Waals surface area contributed by atoms with Crippen LogP contribution in [0.4, 0.5) is 0 Å². The highest BCUT2D eigenvalue weighted by Crippen LogP contribution is 2.42. The predicted octanol–water partition coefficient (Wildman–Crippen LogP) is 4.91. The fourth-order valence-electron chi connectivity index (χ4n) is 2.80. The fourth-order valence-corrected chi connectivity index (χ4v) is 3.44. The summed E-state index contributed by atoms with van der Waals surface area (Å²) in [5.41, 5.74) is 4.39. The van der Waals surface area contributed by atoms with Crippen LogP contribution in [0.1, 0.15) is 35.4 Å². The zero-order valence-electron chi connectivity index (χ0n) is 12.6. The number of fused-ring (bicyclic) bond motifs is 1. The molecule has 2 heterocycles. The summed E-state index contributed by atoms with van der Waals surface area (Å²) in [5, 5.41) is 8.94. The smallest absolute Gasteiger partial charge is 0.204 e. The zero-order valence-corrected chi connectivity index (χ0v) is 14.9. The molecule has 0 saturated heterocycles. The summed E-state index contributed by atoms with van der Waals surface area (Å²) in [4.78, 5) is 0. The van der Waals surface area contributed by atoms with E-state index in [1.165, 1.54) is 18.4 Å². The summed E-state index contributed by atoms with van der Waals surface area (Å²) in [6.45, 7) is 2.51. The van der Waals surface area contributed by atoms with Crippen molar-refractivity contribution in [1.29, 1.82) is 0 Å². The highest BCUT2D eigenvalue weighted by Gasteiger charge is 2.27. The third-order valence-electron chi connectivity index (χ3n) is 4.05. The maximum Gasteiger partial charge on any atom is 0.204 e. The van der Waals surface area contributed by atoms with E-state index < -0.39 is 0 Å². The van der Waals surface area contributed by atoms with Gasteiger partial charge in [0.2, 0.25) is 4.73 Å². The van der Waals surface area contributed by atoms with Crippen molar-refractivity contribution in [1.82, 2.24) is 14.6 Å². The van der Waals surface area contributed by atoms with E-state index in [4.69, 9.17) is 16.3 Å². The molecule has 0 atom stereocenters. The number of hydrogen-bond donors (Lipinski definition) is 0. The van der Waals surface area contributed by atoms with Gasteiger partial charge < -0.3 is 4.74 Å². The average molecular weight is 393 g/mol. The topological polar surface area (TPSA) is 39.4 Å². The quantitative estimate of drug-likeness (QED) is 0.633. The highest BCUT2D eigenvalue weighted by molar-refractivity contribution is 9.10. The number of ether oxygens (including phenoxy) is 1. The Morgan fingerprint density at radius 3 is 2.83 bits per heavy atom. The van der Waals surface area contributed by atoms with Gasteiger partial charge in [-0.1, -0.05) is 11.6 Å². The van der Waals surface area contributed by atoms with Gasteiger partial charge in [0.05, 0.1) is 0 Å². The maximum absolute atomic E-state index is 6.10. The van der Waals surface area contributed by atoms with Crippen molar-refractivity contribution in [2.24, 2.45) is 0 Å². The zero-order chi connectivity index (χ0) is 16.0. The fraction of sp³-hybridized carbons (Fsp3) is 0.294. The Labute approximate surface area is 147 Å². The van der Waals surface area contributed by atoms with E-state index in [9.17, 15) is 0 Å². The lowest BCUT2D eigenvalue weighted by atomic mass is 10.1. The molecule has 23 heavy (non-hydrogen) atoms. The van der Waals surface area contributed by atoms with Crippen LogP contribution in [0, 0.1) is 6.92 Å². The normalized spacial score (nSPS) is 14.4. The first kappa shape index (κ1) is 15.0. The summed E-state index contributed by atoms with van der Waals surface area (Å²) < 4.78 is 8.68. The Kier molecular flexibility index (Phi) is 3.77. The highest BCUT2D eigenvalue weighted by atomic mass is 79.9. The van der Waals surface area contributed by atoms with E-state index >= 15 is 0 Å². The second-order valence-electron chi connectivity index (χ2n) is 5.98. The monoisotopic (exact) mass is 391 g/mol. The van der Waals surface area contributed by atoms with Crippen LogP contribution in [0.5, 0.6) is 5.75 Å². The van der Waals surface area contributed by atoms with Crippen LogP contribution in [0.15, 0.2) is 35.2 Å². The van der Waals surface area contributed by atoms with Gasteiger partial charge in [-0.15, -0.1) is 10.2 Å². The SMILES string of the molecule is Cc1cc(Cl)cc(OCc2cc3nnc(Br)n3cc2C2CC2)c1. The third kappa shape index (κ3) is 3.08. The van der Waals surface area contributed by atoms with Gasteiger partial charge in [0, 0.05) is 11.2 Å². The molecule has 4 nitrogen and oxygen atoms in total. The molecule has 0 unspecified atom stereocenters. The minimum absolute atomic E-state index is 0.507. The Hall–Kier alpha value is -1.59. The number of aryl methyl sites for hydroxylation is 1. The molecular weight excluding hydrogens is 378 g/mol. The molecule has 6 heteroatoms. The van der Waals surface area contributed by atoms with Gasteiger partial charge in [-0.2, -0.15) is 0 Å². The minimum Gasteiger partial charge on any atom is -0.489 e. The van der Waals surface area contributed by atoms with Crippen LogP contribution >= 0.6 is 27.5 Å². The lowest BCUT2D eigenvalue weighted by molar-refractivity contribution is 0.304. The second kappa shape index (κ2) is 5.80.